The summed E-state index contributed by atoms with van der Waals surface area (Å²) in [4.78, 5) is 12.1. The molecule has 1 aromatic heterocycles. The van der Waals surface area contributed by atoms with Crippen molar-refractivity contribution in [2.75, 3.05) is 0 Å². The number of carbonyl (C=O) groups excluding carboxylic acids is 1. The second-order valence-electron chi connectivity index (χ2n) is 5.53. The van der Waals surface area contributed by atoms with Gasteiger partial charge in [0.05, 0.1) is 11.1 Å². The Balaban J connectivity index is 2.58. The Morgan fingerprint density at radius 2 is 2.05 bits per heavy atom. The van der Waals surface area contributed by atoms with Crippen molar-refractivity contribution < 1.29 is 9.53 Å². The highest BCUT2D eigenvalue weighted by atomic mass is 16.6. The van der Waals surface area contributed by atoms with Gasteiger partial charge in [-0.25, -0.2) is 4.79 Å². The zero-order valence-electron chi connectivity index (χ0n) is 11.5. The van der Waals surface area contributed by atoms with Gasteiger partial charge in [0, 0.05) is 11.6 Å². The maximum atomic E-state index is 12.1. The van der Waals surface area contributed by atoms with Crippen molar-refractivity contribution in [2.45, 2.75) is 33.3 Å². The smallest absolute Gasteiger partial charge is 0.419 e. The predicted octanol–water partition coefficient (Wildman–Crippen LogP) is 3.60. The lowest BCUT2D eigenvalue weighted by molar-refractivity contribution is 0.0544. The van der Waals surface area contributed by atoms with Crippen LogP contribution in [0.15, 0.2) is 24.4 Å². The molecule has 0 fully saturated rings. The van der Waals surface area contributed by atoms with Crippen LogP contribution in [-0.4, -0.2) is 16.3 Å². The summed E-state index contributed by atoms with van der Waals surface area (Å²) in [6.45, 7) is 7.38. The quantitative estimate of drug-likeness (QED) is 0.723. The number of hydrogen-bond acceptors (Lipinski definition) is 3. The zero-order chi connectivity index (χ0) is 14.2. The molecule has 0 bridgehead atoms. The summed E-state index contributed by atoms with van der Waals surface area (Å²) in [6, 6.07) is 7.74. The Hall–Kier alpha value is -2.28. The minimum Gasteiger partial charge on any atom is -0.443 e. The van der Waals surface area contributed by atoms with Gasteiger partial charge in [0.15, 0.2) is 0 Å². The molecule has 0 aliphatic heterocycles. The highest BCUT2D eigenvalue weighted by Crippen LogP contribution is 2.23. The fraction of sp³-hybridized carbons (Fsp3) is 0.333. The van der Waals surface area contributed by atoms with Gasteiger partial charge >= 0.3 is 6.09 Å². The number of fused-ring (bicyclic) bond motifs is 1. The van der Waals surface area contributed by atoms with E-state index in [-0.39, 0.29) is 0 Å². The fourth-order valence-corrected chi connectivity index (χ4v) is 1.89. The van der Waals surface area contributed by atoms with Crippen molar-refractivity contribution in [3.8, 4) is 6.07 Å². The van der Waals surface area contributed by atoms with E-state index < -0.39 is 11.7 Å². The topological polar surface area (TPSA) is 55.0 Å². The third-order valence-corrected chi connectivity index (χ3v) is 2.67. The van der Waals surface area contributed by atoms with Gasteiger partial charge < -0.3 is 4.74 Å². The summed E-state index contributed by atoms with van der Waals surface area (Å²) in [7, 11) is 0. The highest BCUT2D eigenvalue weighted by molar-refractivity contribution is 5.93. The first-order chi connectivity index (χ1) is 8.81. The average Bonchev–Trinajstić information content (AvgIpc) is 2.64. The van der Waals surface area contributed by atoms with Crippen molar-refractivity contribution in [1.82, 2.24) is 4.57 Å². The minimum atomic E-state index is -0.565. The maximum Gasteiger partial charge on any atom is 0.419 e. The van der Waals surface area contributed by atoms with Gasteiger partial charge in [-0.15, -0.1) is 0 Å². The number of rotatable bonds is 0. The van der Waals surface area contributed by atoms with Gasteiger partial charge in [-0.05, 0) is 39.3 Å². The van der Waals surface area contributed by atoms with Crippen LogP contribution in [0.4, 0.5) is 4.79 Å². The van der Waals surface area contributed by atoms with E-state index in [1.165, 1.54) is 10.8 Å². The molecule has 2 aromatic rings. The highest BCUT2D eigenvalue weighted by Gasteiger charge is 2.20. The second-order valence-corrected chi connectivity index (χ2v) is 5.53. The summed E-state index contributed by atoms with van der Waals surface area (Å²) in [5.74, 6) is 0. The van der Waals surface area contributed by atoms with E-state index >= 15 is 0 Å². The molecule has 98 valence electrons. The standard InChI is InChI=1S/C15H16N2O2/c1-10-5-6-12-11(8-16)9-17(13(12)7-10)14(18)19-15(2,3)4/h5-7,9H,1-4H3. The largest absolute Gasteiger partial charge is 0.443 e. The van der Waals surface area contributed by atoms with E-state index in [2.05, 4.69) is 6.07 Å². The molecule has 19 heavy (non-hydrogen) atoms. The van der Waals surface area contributed by atoms with Gasteiger partial charge in [-0.2, -0.15) is 5.26 Å². The molecule has 0 radical (unpaired) electrons. The summed E-state index contributed by atoms with van der Waals surface area (Å²) in [6.07, 6.45) is 1.06. The summed E-state index contributed by atoms with van der Waals surface area (Å²) in [5.41, 5.74) is 1.64. The number of carbonyl (C=O) groups is 1. The number of nitriles is 1. The van der Waals surface area contributed by atoms with Crippen molar-refractivity contribution >= 4 is 17.0 Å². The van der Waals surface area contributed by atoms with Crippen molar-refractivity contribution in [3.63, 3.8) is 0 Å². The molecule has 0 unspecified atom stereocenters. The first-order valence-corrected chi connectivity index (χ1v) is 6.07. The average molecular weight is 256 g/mol. The van der Waals surface area contributed by atoms with Gasteiger partial charge in [-0.3, -0.25) is 4.57 Å². The van der Waals surface area contributed by atoms with Crippen LogP contribution < -0.4 is 0 Å². The van der Waals surface area contributed by atoms with Gasteiger partial charge in [0.2, 0.25) is 0 Å². The first-order valence-electron chi connectivity index (χ1n) is 6.07. The van der Waals surface area contributed by atoms with E-state index in [1.807, 2.05) is 45.9 Å². The maximum absolute atomic E-state index is 12.1. The normalized spacial score (nSPS) is 11.3. The van der Waals surface area contributed by atoms with Gasteiger partial charge in [0.25, 0.3) is 0 Å². The molecule has 1 aromatic carbocycles. The molecule has 0 saturated heterocycles. The molecule has 1 heterocycles. The molecule has 0 spiro atoms. The van der Waals surface area contributed by atoms with Crippen LogP contribution in [-0.2, 0) is 4.74 Å². The molecule has 2 rings (SSSR count). The van der Waals surface area contributed by atoms with Crippen LogP contribution in [0.25, 0.3) is 10.9 Å². The number of aryl methyl sites for hydroxylation is 1. The van der Waals surface area contributed by atoms with Crippen molar-refractivity contribution in [1.29, 1.82) is 5.26 Å². The van der Waals surface area contributed by atoms with Crippen LogP contribution in [0.3, 0.4) is 0 Å². The summed E-state index contributed by atoms with van der Waals surface area (Å²) in [5, 5.41) is 9.88. The SMILES string of the molecule is Cc1ccc2c(C#N)cn(C(=O)OC(C)(C)C)c2c1. The molecule has 4 heteroatoms. The van der Waals surface area contributed by atoms with Crippen LogP contribution >= 0.6 is 0 Å². The zero-order valence-corrected chi connectivity index (χ0v) is 11.5. The fourth-order valence-electron chi connectivity index (χ4n) is 1.89. The van der Waals surface area contributed by atoms with E-state index in [4.69, 9.17) is 10.00 Å². The Bertz CT molecular complexity index is 684. The van der Waals surface area contributed by atoms with Crippen LogP contribution in [0.1, 0.15) is 31.9 Å². The lowest BCUT2D eigenvalue weighted by Gasteiger charge is -2.19. The second kappa shape index (κ2) is 4.43. The van der Waals surface area contributed by atoms with Crippen molar-refractivity contribution in [3.05, 3.63) is 35.5 Å². The van der Waals surface area contributed by atoms with Crippen LogP contribution in [0.5, 0.6) is 0 Å². The van der Waals surface area contributed by atoms with Gasteiger partial charge in [0.1, 0.15) is 11.7 Å². The Labute approximate surface area is 112 Å². The third kappa shape index (κ3) is 2.60. The van der Waals surface area contributed by atoms with Gasteiger partial charge in [-0.1, -0.05) is 12.1 Å². The summed E-state index contributed by atoms with van der Waals surface area (Å²) < 4.78 is 6.74. The number of aromatic nitrogens is 1. The predicted molar refractivity (Wildman–Crippen MR) is 73.0 cm³/mol. The number of nitrogens with zero attached hydrogens (tertiary/aromatic N) is 2. The molecule has 0 amide bonds. The van der Waals surface area contributed by atoms with E-state index in [9.17, 15) is 4.79 Å². The summed E-state index contributed by atoms with van der Waals surface area (Å²) >= 11 is 0. The third-order valence-electron chi connectivity index (χ3n) is 2.67. The lowest BCUT2D eigenvalue weighted by Crippen LogP contribution is -2.26. The molecule has 0 atom stereocenters. The van der Waals surface area contributed by atoms with Crippen LogP contribution in [0, 0.1) is 18.3 Å². The molecule has 0 N–H and O–H groups in total. The number of benzene rings is 1. The molecular formula is C15H16N2O2. The number of hydrogen-bond donors (Lipinski definition) is 0. The minimum absolute atomic E-state index is 0.468. The van der Waals surface area contributed by atoms with E-state index in [1.54, 1.807) is 0 Å². The van der Waals surface area contributed by atoms with E-state index in [0.29, 0.717) is 11.1 Å². The lowest BCUT2D eigenvalue weighted by atomic mass is 10.1. The monoisotopic (exact) mass is 256 g/mol. The Kier molecular flexibility index (Phi) is 3.07. The Morgan fingerprint density at radius 1 is 1.37 bits per heavy atom. The first kappa shape index (κ1) is 13.2. The molecule has 0 saturated carbocycles. The molecule has 4 nitrogen and oxygen atoms in total. The van der Waals surface area contributed by atoms with Crippen molar-refractivity contribution in [2.24, 2.45) is 0 Å². The Morgan fingerprint density at radius 3 is 2.63 bits per heavy atom. The molecule has 0 aliphatic rings. The van der Waals surface area contributed by atoms with Crippen LogP contribution in [0.2, 0.25) is 0 Å². The number of ether oxygens (including phenoxy) is 1. The molecule has 0 aliphatic carbocycles. The molecular weight excluding hydrogens is 240 g/mol. The van der Waals surface area contributed by atoms with E-state index in [0.717, 1.165) is 10.9 Å².